The molecule has 0 saturated carbocycles. The van der Waals surface area contributed by atoms with Crippen molar-refractivity contribution in [3.05, 3.63) is 53.3 Å². The van der Waals surface area contributed by atoms with Crippen molar-refractivity contribution in [1.29, 1.82) is 0 Å². The second kappa shape index (κ2) is 7.13. The molecule has 5 heteroatoms. The van der Waals surface area contributed by atoms with Gasteiger partial charge >= 0.3 is 5.97 Å². The van der Waals surface area contributed by atoms with Crippen LogP contribution in [-0.2, 0) is 14.3 Å². The maximum Gasteiger partial charge on any atom is 0.330 e. The summed E-state index contributed by atoms with van der Waals surface area (Å²) in [6.07, 6.45) is 3.09. The number of methoxy groups -OCH3 is 1. The van der Waals surface area contributed by atoms with Gasteiger partial charge in [-0.3, -0.25) is 4.79 Å². The van der Waals surface area contributed by atoms with E-state index in [1.54, 1.807) is 6.07 Å². The van der Waals surface area contributed by atoms with Crippen LogP contribution in [0.15, 0.2) is 42.2 Å². The Hall–Kier alpha value is -2.56. The number of aryl methyl sites for hydroxylation is 2. The highest BCUT2D eigenvalue weighted by atomic mass is 16.5. The molecule has 1 aromatic rings. The molecular weight excluding hydrogens is 258 g/mol. The molecule has 0 unspecified atom stereocenters. The molecule has 0 aromatic heterocycles. The SMILES string of the molecule is COC(=O)/C=C\C(O)=CC(=O)Nc1ccc(C)c(C)c1. The number of aliphatic hydroxyl groups excluding tert-OH is 1. The highest BCUT2D eigenvalue weighted by Gasteiger charge is 2.02. The predicted molar refractivity (Wildman–Crippen MR) is 76.4 cm³/mol. The first kappa shape index (κ1) is 15.5. The zero-order chi connectivity index (χ0) is 15.1. The molecule has 0 radical (unpaired) electrons. The number of hydrogen-bond donors (Lipinski definition) is 2. The quantitative estimate of drug-likeness (QED) is 0.383. The van der Waals surface area contributed by atoms with E-state index in [4.69, 9.17) is 0 Å². The van der Waals surface area contributed by atoms with Gasteiger partial charge in [0.1, 0.15) is 5.76 Å². The summed E-state index contributed by atoms with van der Waals surface area (Å²) in [5.41, 5.74) is 2.82. The van der Waals surface area contributed by atoms with Crippen molar-refractivity contribution < 1.29 is 19.4 Å². The number of rotatable bonds is 4. The molecule has 0 aliphatic heterocycles. The van der Waals surface area contributed by atoms with Crippen LogP contribution in [0.25, 0.3) is 0 Å². The first-order chi connectivity index (χ1) is 9.42. The third kappa shape index (κ3) is 4.97. The van der Waals surface area contributed by atoms with Gasteiger partial charge in [0.05, 0.1) is 7.11 Å². The molecule has 0 heterocycles. The number of nitrogens with one attached hydrogen (secondary N) is 1. The van der Waals surface area contributed by atoms with Gasteiger partial charge in [-0.05, 0) is 43.2 Å². The number of hydrogen-bond acceptors (Lipinski definition) is 4. The Labute approximate surface area is 117 Å². The molecule has 0 bridgehead atoms. The highest BCUT2D eigenvalue weighted by molar-refractivity contribution is 6.00. The Bertz CT molecular complexity index is 573. The predicted octanol–water partition coefficient (Wildman–Crippen LogP) is 2.41. The van der Waals surface area contributed by atoms with Crippen LogP contribution < -0.4 is 5.32 Å². The standard InChI is InChI=1S/C15H17NO4/c1-10-4-5-12(8-11(10)2)16-14(18)9-13(17)6-7-15(19)20-3/h4-9,17H,1-3H3,(H,16,18)/b7-6-,13-9?. The van der Waals surface area contributed by atoms with Crippen molar-refractivity contribution in [2.75, 3.05) is 12.4 Å². The average molecular weight is 275 g/mol. The van der Waals surface area contributed by atoms with Crippen molar-refractivity contribution in [1.82, 2.24) is 0 Å². The molecule has 0 fully saturated rings. The zero-order valence-corrected chi connectivity index (χ0v) is 11.6. The Morgan fingerprint density at radius 1 is 1.20 bits per heavy atom. The molecule has 106 valence electrons. The van der Waals surface area contributed by atoms with E-state index in [2.05, 4.69) is 10.1 Å². The van der Waals surface area contributed by atoms with Gasteiger partial charge in [0.15, 0.2) is 0 Å². The molecule has 0 saturated heterocycles. The lowest BCUT2D eigenvalue weighted by molar-refractivity contribution is -0.134. The monoisotopic (exact) mass is 275 g/mol. The van der Waals surface area contributed by atoms with Gasteiger partial charge in [-0.1, -0.05) is 6.07 Å². The number of aliphatic hydroxyl groups is 1. The van der Waals surface area contributed by atoms with Crippen molar-refractivity contribution in [2.45, 2.75) is 13.8 Å². The van der Waals surface area contributed by atoms with Gasteiger partial charge in [0.25, 0.3) is 5.91 Å². The van der Waals surface area contributed by atoms with Gasteiger partial charge in [-0.25, -0.2) is 4.79 Å². The largest absolute Gasteiger partial charge is 0.508 e. The molecule has 20 heavy (non-hydrogen) atoms. The van der Waals surface area contributed by atoms with Crippen LogP contribution in [0.2, 0.25) is 0 Å². The van der Waals surface area contributed by atoms with Gasteiger partial charge < -0.3 is 15.2 Å². The van der Waals surface area contributed by atoms with Crippen molar-refractivity contribution in [2.24, 2.45) is 0 Å². The number of anilines is 1. The number of esters is 1. The zero-order valence-electron chi connectivity index (χ0n) is 11.6. The van der Waals surface area contributed by atoms with Crippen molar-refractivity contribution >= 4 is 17.6 Å². The molecule has 5 nitrogen and oxygen atoms in total. The van der Waals surface area contributed by atoms with E-state index >= 15 is 0 Å². The van der Waals surface area contributed by atoms with Crippen LogP contribution in [0.3, 0.4) is 0 Å². The van der Waals surface area contributed by atoms with Crippen LogP contribution in [0.1, 0.15) is 11.1 Å². The average Bonchev–Trinajstić information content (AvgIpc) is 2.40. The van der Waals surface area contributed by atoms with E-state index in [9.17, 15) is 14.7 Å². The summed E-state index contributed by atoms with van der Waals surface area (Å²) in [7, 11) is 1.22. The number of amides is 1. The molecule has 1 amide bonds. The maximum atomic E-state index is 11.6. The Balaban J connectivity index is 2.69. The van der Waals surface area contributed by atoms with Crippen LogP contribution in [0.4, 0.5) is 5.69 Å². The Morgan fingerprint density at radius 3 is 2.50 bits per heavy atom. The smallest absolute Gasteiger partial charge is 0.330 e. The summed E-state index contributed by atoms with van der Waals surface area (Å²) >= 11 is 0. The topological polar surface area (TPSA) is 75.6 Å². The summed E-state index contributed by atoms with van der Waals surface area (Å²) < 4.78 is 4.36. The summed E-state index contributed by atoms with van der Waals surface area (Å²) in [5.74, 6) is -1.43. The molecule has 1 rings (SSSR count). The fraction of sp³-hybridized carbons (Fsp3) is 0.200. The van der Waals surface area contributed by atoms with E-state index in [1.165, 1.54) is 7.11 Å². The minimum atomic E-state index is -0.612. The van der Waals surface area contributed by atoms with E-state index in [0.717, 1.165) is 29.4 Å². The summed E-state index contributed by atoms with van der Waals surface area (Å²) in [4.78, 5) is 22.5. The lowest BCUT2D eigenvalue weighted by Crippen LogP contribution is -2.09. The second-order valence-corrected chi connectivity index (χ2v) is 4.21. The molecule has 0 spiro atoms. The lowest BCUT2D eigenvalue weighted by Gasteiger charge is -2.05. The molecule has 2 N–H and O–H groups in total. The number of carbonyl (C=O) groups excluding carboxylic acids is 2. The highest BCUT2D eigenvalue weighted by Crippen LogP contribution is 2.14. The number of benzene rings is 1. The fourth-order valence-corrected chi connectivity index (χ4v) is 1.40. The minimum absolute atomic E-state index is 0.336. The summed E-state index contributed by atoms with van der Waals surface area (Å²) in [6, 6.07) is 5.50. The van der Waals surface area contributed by atoms with Gasteiger partial charge in [-0.15, -0.1) is 0 Å². The van der Waals surface area contributed by atoms with Crippen LogP contribution >= 0.6 is 0 Å². The summed E-state index contributed by atoms with van der Waals surface area (Å²) in [6.45, 7) is 3.92. The normalized spacial score (nSPS) is 11.4. The van der Waals surface area contributed by atoms with Crippen LogP contribution in [0, 0.1) is 13.8 Å². The fourth-order valence-electron chi connectivity index (χ4n) is 1.40. The first-order valence-electron chi connectivity index (χ1n) is 5.97. The molecule has 0 aliphatic carbocycles. The van der Waals surface area contributed by atoms with Gasteiger partial charge in [-0.2, -0.15) is 0 Å². The van der Waals surface area contributed by atoms with Gasteiger partial charge in [0.2, 0.25) is 0 Å². The lowest BCUT2D eigenvalue weighted by atomic mass is 10.1. The minimum Gasteiger partial charge on any atom is -0.508 e. The van der Waals surface area contributed by atoms with Crippen LogP contribution in [-0.4, -0.2) is 24.1 Å². The first-order valence-corrected chi connectivity index (χ1v) is 5.97. The maximum absolute atomic E-state index is 11.6. The van der Waals surface area contributed by atoms with Crippen LogP contribution in [0.5, 0.6) is 0 Å². The third-order valence-electron chi connectivity index (χ3n) is 2.64. The Morgan fingerprint density at radius 2 is 1.90 bits per heavy atom. The molecule has 1 aromatic carbocycles. The Kier molecular flexibility index (Phi) is 5.53. The summed E-state index contributed by atoms with van der Waals surface area (Å²) in [5, 5.41) is 12.1. The molecule has 0 atom stereocenters. The van der Waals surface area contributed by atoms with Gasteiger partial charge in [0, 0.05) is 17.8 Å². The van der Waals surface area contributed by atoms with E-state index < -0.39 is 11.9 Å². The van der Waals surface area contributed by atoms with E-state index in [-0.39, 0.29) is 5.76 Å². The third-order valence-corrected chi connectivity index (χ3v) is 2.64. The van der Waals surface area contributed by atoms with Crippen molar-refractivity contribution in [3.8, 4) is 0 Å². The van der Waals surface area contributed by atoms with E-state index in [1.807, 2.05) is 26.0 Å². The number of ether oxygens (including phenoxy) is 1. The number of allylic oxidation sites excluding steroid dienone is 1. The van der Waals surface area contributed by atoms with Crippen molar-refractivity contribution in [3.63, 3.8) is 0 Å². The van der Waals surface area contributed by atoms with E-state index in [0.29, 0.717) is 5.69 Å². The number of carbonyl (C=O) groups is 2. The molecular formula is C15H17NO4. The molecule has 0 aliphatic rings. The second-order valence-electron chi connectivity index (χ2n) is 4.21.